The molecule has 1 saturated heterocycles. The molecule has 0 bridgehead atoms. The molecule has 1 aliphatic heterocycles. The van der Waals surface area contributed by atoms with Crippen LogP contribution in [-0.4, -0.2) is 67.2 Å². The topological polar surface area (TPSA) is 113 Å². The predicted molar refractivity (Wildman–Crippen MR) is 117 cm³/mol. The quantitative estimate of drug-likeness (QED) is 0.561. The van der Waals surface area contributed by atoms with Gasteiger partial charge in [0.05, 0.1) is 18.4 Å². The molecule has 2 aliphatic carbocycles. The van der Waals surface area contributed by atoms with Gasteiger partial charge in [-0.25, -0.2) is 4.79 Å². The summed E-state index contributed by atoms with van der Waals surface area (Å²) in [6.07, 6.45) is 6.70. The first-order valence-corrected chi connectivity index (χ1v) is 11.6. The average molecular weight is 447 g/mol. The van der Waals surface area contributed by atoms with Crippen molar-refractivity contribution >= 4 is 17.8 Å². The minimum absolute atomic E-state index is 0.160. The first kappa shape index (κ1) is 22.6. The number of amides is 4. The van der Waals surface area contributed by atoms with Gasteiger partial charge in [-0.2, -0.15) is 0 Å². The number of carbonyl (C=O) groups excluding carboxylic acids is 3. The minimum atomic E-state index is -0.649. The number of nitrogens with one attached hydrogen (secondary N) is 3. The van der Waals surface area contributed by atoms with Gasteiger partial charge in [-0.1, -0.05) is 13.8 Å². The molecule has 1 saturated carbocycles. The van der Waals surface area contributed by atoms with E-state index in [1.165, 1.54) is 0 Å². The second-order valence-corrected chi connectivity index (χ2v) is 9.60. The highest BCUT2D eigenvalue weighted by atomic mass is 16.5. The maximum atomic E-state index is 13.1. The molecule has 4 rings (SSSR count). The molecule has 4 amide bonds. The largest absolute Gasteiger partial charge is 0.459 e. The average Bonchev–Trinajstić information content (AvgIpc) is 3.14. The number of rotatable bonds is 8. The summed E-state index contributed by atoms with van der Waals surface area (Å²) >= 11 is 0. The van der Waals surface area contributed by atoms with Gasteiger partial charge in [-0.15, -0.1) is 0 Å². The molecular weight excluding hydrogens is 412 g/mol. The van der Waals surface area contributed by atoms with Crippen LogP contribution in [0.4, 0.5) is 4.79 Å². The Kier molecular flexibility index (Phi) is 6.74. The SMILES string of the molecule is CO[C@@H]1CN(C(=O)c2occ3c2CCC3)C[C@@H]1NC(=O)C(CC(C)C)NC(=O)NC1CC1. The van der Waals surface area contributed by atoms with Crippen molar-refractivity contribution in [2.45, 2.75) is 76.6 Å². The molecule has 9 heteroatoms. The van der Waals surface area contributed by atoms with Gasteiger partial charge in [0, 0.05) is 31.8 Å². The van der Waals surface area contributed by atoms with Crippen molar-refractivity contribution in [3.63, 3.8) is 0 Å². The van der Waals surface area contributed by atoms with Crippen molar-refractivity contribution in [2.75, 3.05) is 20.2 Å². The highest BCUT2D eigenvalue weighted by molar-refractivity contribution is 5.94. The Bertz CT molecular complexity index is 863. The van der Waals surface area contributed by atoms with Crippen LogP contribution in [0.25, 0.3) is 0 Å². The Labute approximate surface area is 188 Å². The van der Waals surface area contributed by atoms with Crippen LogP contribution in [0.1, 0.15) is 61.2 Å². The second kappa shape index (κ2) is 9.52. The number of ether oxygens (including phenoxy) is 1. The molecule has 0 radical (unpaired) electrons. The van der Waals surface area contributed by atoms with Gasteiger partial charge in [0.2, 0.25) is 5.91 Å². The molecule has 2 fully saturated rings. The number of hydrogen-bond acceptors (Lipinski definition) is 5. The van der Waals surface area contributed by atoms with Crippen LogP contribution in [0.2, 0.25) is 0 Å². The summed E-state index contributed by atoms with van der Waals surface area (Å²) in [4.78, 5) is 40.1. The predicted octanol–water partition coefficient (Wildman–Crippen LogP) is 1.60. The molecule has 2 heterocycles. The van der Waals surface area contributed by atoms with E-state index in [0.717, 1.165) is 43.2 Å². The molecule has 176 valence electrons. The second-order valence-electron chi connectivity index (χ2n) is 9.60. The first-order chi connectivity index (χ1) is 15.4. The molecule has 0 spiro atoms. The third kappa shape index (κ3) is 5.09. The summed E-state index contributed by atoms with van der Waals surface area (Å²) in [5, 5.41) is 8.69. The number of aryl methyl sites for hydroxylation is 1. The third-order valence-electron chi connectivity index (χ3n) is 6.47. The zero-order valence-electron chi connectivity index (χ0n) is 19.1. The zero-order chi connectivity index (χ0) is 22.8. The summed E-state index contributed by atoms with van der Waals surface area (Å²) in [6, 6.07) is -1.11. The molecule has 32 heavy (non-hydrogen) atoms. The van der Waals surface area contributed by atoms with E-state index >= 15 is 0 Å². The van der Waals surface area contributed by atoms with Gasteiger partial charge in [0.15, 0.2) is 5.76 Å². The van der Waals surface area contributed by atoms with Gasteiger partial charge in [-0.3, -0.25) is 9.59 Å². The Morgan fingerprint density at radius 1 is 1.19 bits per heavy atom. The van der Waals surface area contributed by atoms with Crippen molar-refractivity contribution in [3.05, 3.63) is 23.2 Å². The van der Waals surface area contributed by atoms with Crippen molar-refractivity contribution in [3.8, 4) is 0 Å². The summed E-state index contributed by atoms with van der Waals surface area (Å²) in [7, 11) is 1.58. The number of furan rings is 1. The first-order valence-electron chi connectivity index (χ1n) is 11.6. The molecule has 1 unspecified atom stereocenters. The maximum Gasteiger partial charge on any atom is 0.315 e. The molecule has 3 aliphatic rings. The number of carbonyl (C=O) groups is 3. The van der Waals surface area contributed by atoms with Gasteiger partial charge in [0.25, 0.3) is 5.91 Å². The van der Waals surface area contributed by atoms with Crippen molar-refractivity contribution in [1.82, 2.24) is 20.9 Å². The van der Waals surface area contributed by atoms with E-state index in [4.69, 9.17) is 9.15 Å². The fourth-order valence-corrected chi connectivity index (χ4v) is 4.60. The Morgan fingerprint density at radius 2 is 1.97 bits per heavy atom. The standard InChI is InChI=1S/C23H34N4O5/c1-13(2)9-17(26-23(30)24-15-7-8-15)21(28)25-18-10-27(11-19(18)31-3)22(29)20-16-6-4-5-14(16)12-32-20/h12-13,15,17-19H,4-11H2,1-3H3,(H,25,28)(H2,24,26,30)/t17?,18-,19+/m0/s1. The molecule has 1 aromatic rings. The van der Waals surface area contributed by atoms with E-state index in [1.807, 2.05) is 13.8 Å². The van der Waals surface area contributed by atoms with Gasteiger partial charge in [0.1, 0.15) is 6.04 Å². The van der Waals surface area contributed by atoms with Crippen molar-refractivity contribution in [1.29, 1.82) is 0 Å². The summed E-state index contributed by atoms with van der Waals surface area (Å²) in [6.45, 7) is 4.73. The lowest BCUT2D eigenvalue weighted by Crippen LogP contribution is -2.55. The molecular formula is C23H34N4O5. The van der Waals surface area contributed by atoms with Crippen LogP contribution in [0.3, 0.4) is 0 Å². The van der Waals surface area contributed by atoms with E-state index in [0.29, 0.717) is 25.3 Å². The lowest BCUT2D eigenvalue weighted by atomic mass is 10.0. The monoisotopic (exact) mass is 446 g/mol. The van der Waals surface area contributed by atoms with E-state index < -0.39 is 6.04 Å². The van der Waals surface area contributed by atoms with Gasteiger partial charge in [-0.05, 0) is 50.0 Å². The van der Waals surface area contributed by atoms with E-state index in [1.54, 1.807) is 18.3 Å². The van der Waals surface area contributed by atoms with E-state index in [2.05, 4.69) is 16.0 Å². The van der Waals surface area contributed by atoms with Crippen LogP contribution in [-0.2, 0) is 22.4 Å². The van der Waals surface area contributed by atoms with Crippen molar-refractivity contribution < 1.29 is 23.5 Å². The number of nitrogens with zero attached hydrogens (tertiary/aromatic N) is 1. The van der Waals surface area contributed by atoms with E-state index in [9.17, 15) is 14.4 Å². The van der Waals surface area contributed by atoms with Crippen LogP contribution in [0, 0.1) is 5.92 Å². The van der Waals surface area contributed by atoms with Crippen LogP contribution < -0.4 is 16.0 Å². The number of hydrogen-bond donors (Lipinski definition) is 3. The van der Waals surface area contributed by atoms with Gasteiger partial charge >= 0.3 is 6.03 Å². The van der Waals surface area contributed by atoms with Crippen LogP contribution >= 0.6 is 0 Å². The Morgan fingerprint density at radius 3 is 2.66 bits per heavy atom. The molecule has 0 aromatic carbocycles. The summed E-state index contributed by atoms with van der Waals surface area (Å²) in [5.41, 5.74) is 2.13. The fourth-order valence-electron chi connectivity index (χ4n) is 4.60. The lowest BCUT2D eigenvalue weighted by molar-refractivity contribution is -0.124. The lowest BCUT2D eigenvalue weighted by Gasteiger charge is -2.24. The number of likely N-dealkylation sites (tertiary alicyclic amines) is 1. The number of fused-ring (bicyclic) bond motifs is 1. The smallest absolute Gasteiger partial charge is 0.315 e. The highest BCUT2D eigenvalue weighted by Gasteiger charge is 2.40. The molecule has 9 nitrogen and oxygen atoms in total. The molecule has 3 atom stereocenters. The van der Waals surface area contributed by atoms with Gasteiger partial charge < -0.3 is 30.0 Å². The van der Waals surface area contributed by atoms with Crippen LogP contribution in [0.15, 0.2) is 10.7 Å². The fraction of sp³-hybridized carbons (Fsp3) is 0.696. The summed E-state index contributed by atoms with van der Waals surface area (Å²) in [5.74, 6) is 0.223. The normalized spacial score (nSPS) is 23.2. The van der Waals surface area contributed by atoms with Crippen LogP contribution in [0.5, 0.6) is 0 Å². The van der Waals surface area contributed by atoms with Crippen molar-refractivity contribution in [2.24, 2.45) is 5.92 Å². The Hall–Kier alpha value is -2.55. The minimum Gasteiger partial charge on any atom is -0.459 e. The number of urea groups is 1. The van der Waals surface area contributed by atoms with E-state index in [-0.39, 0.29) is 42.0 Å². The maximum absolute atomic E-state index is 13.1. The zero-order valence-corrected chi connectivity index (χ0v) is 19.1. The third-order valence-corrected chi connectivity index (χ3v) is 6.47. The summed E-state index contributed by atoms with van der Waals surface area (Å²) < 4.78 is 11.2. The highest BCUT2D eigenvalue weighted by Crippen LogP contribution is 2.29. The molecule has 1 aromatic heterocycles. The molecule has 3 N–H and O–H groups in total. The Balaban J connectivity index is 1.39. The number of methoxy groups -OCH3 is 1.